The highest BCUT2D eigenvalue weighted by Crippen LogP contribution is 2.40. The summed E-state index contributed by atoms with van der Waals surface area (Å²) < 4.78 is 1.02. The Morgan fingerprint density at radius 2 is 0.709 bits per heavy atom. The van der Waals surface area contributed by atoms with Crippen LogP contribution in [-0.2, 0) is 0 Å². The van der Waals surface area contributed by atoms with Crippen molar-refractivity contribution in [2.45, 2.75) is 0 Å². The van der Waals surface area contributed by atoms with E-state index in [1.165, 1.54) is 5.56 Å². The van der Waals surface area contributed by atoms with Gasteiger partial charge in [-0.2, -0.15) is 0 Å². The first-order valence-electron chi connectivity index (χ1n) is 18.0. The summed E-state index contributed by atoms with van der Waals surface area (Å²) in [6.45, 7) is 0. The summed E-state index contributed by atoms with van der Waals surface area (Å²) >= 11 is 1.63. The number of fused-ring (bicyclic) bond motifs is 3. The van der Waals surface area contributed by atoms with Gasteiger partial charge in [-0.25, -0.2) is 29.9 Å². The molecule has 0 unspecified atom stereocenters. The predicted octanol–water partition coefficient (Wildman–Crippen LogP) is 12.1. The lowest BCUT2D eigenvalue weighted by Crippen LogP contribution is -2.00. The second-order valence-electron chi connectivity index (χ2n) is 13.2. The van der Waals surface area contributed by atoms with Crippen LogP contribution in [0.25, 0.3) is 99.5 Å². The van der Waals surface area contributed by atoms with E-state index in [-0.39, 0.29) is 0 Å². The van der Waals surface area contributed by atoms with Crippen molar-refractivity contribution in [3.05, 3.63) is 182 Å². The van der Waals surface area contributed by atoms with Crippen LogP contribution in [0.3, 0.4) is 0 Å². The summed E-state index contributed by atoms with van der Waals surface area (Å²) in [7, 11) is 0. The number of pyridine rings is 1. The zero-order chi connectivity index (χ0) is 36.6. The maximum absolute atomic E-state index is 5.13. The minimum absolute atomic E-state index is 0.610. The van der Waals surface area contributed by atoms with Crippen molar-refractivity contribution in [3.8, 4) is 79.1 Å². The lowest BCUT2D eigenvalue weighted by molar-refractivity contribution is 1.07. The van der Waals surface area contributed by atoms with Crippen LogP contribution in [0.2, 0.25) is 0 Å². The Hall–Kier alpha value is -7.22. The SMILES string of the molecule is c1ccc(-c2ccc(-c3nc(-c4ccccc4)nc(-c4ccc(-c5cnc6sc7c(-c8ccccc8)nc(-c8ccccc8)nc7c6c5)cc4)n3)cc2)cc1. The molecule has 0 aliphatic heterocycles. The van der Waals surface area contributed by atoms with Crippen LogP contribution in [0.5, 0.6) is 0 Å². The summed E-state index contributed by atoms with van der Waals surface area (Å²) in [6, 6.07) is 59.8. The van der Waals surface area contributed by atoms with Crippen molar-refractivity contribution in [1.82, 2.24) is 29.9 Å². The highest BCUT2D eigenvalue weighted by atomic mass is 32.1. The molecule has 6 aromatic carbocycles. The van der Waals surface area contributed by atoms with Gasteiger partial charge in [-0.05, 0) is 22.8 Å². The smallest absolute Gasteiger partial charge is 0.164 e. The molecule has 0 spiro atoms. The van der Waals surface area contributed by atoms with Gasteiger partial charge in [0.25, 0.3) is 0 Å². The minimum Gasteiger partial charge on any atom is -0.245 e. The van der Waals surface area contributed by atoms with Crippen LogP contribution >= 0.6 is 11.3 Å². The van der Waals surface area contributed by atoms with Gasteiger partial charge in [0.15, 0.2) is 23.3 Å². The predicted molar refractivity (Wildman–Crippen MR) is 224 cm³/mol. The van der Waals surface area contributed by atoms with E-state index in [2.05, 4.69) is 103 Å². The quantitative estimate of drug-likeness (QED) is 0.163. The van der Waals surface area contributed by atoms with Gasteiger partial charge in [-0.15, -0.1) is 11.3 Å². The molecule has 0 fully saturated rings. The third kappa shape index (κ3) is 6.33. The fourth-order valence-electron chi connectivity index (χ4n) is 6.80. The zero-order valence-electron chi connectivity index (χ0n) is 29.4. The van der Waals surface area contributed by atoms with Gasteiger partial charge >= 0.3 is 0 Å². The number of hydrogen-bond donors (Lipinski definition) is 0. The van der Waals surface area contributed by atoms with Crippen molar-refractivity contribution in [2.75, 3.05) is 0 Å². The van der Waals surface area contributed by atoms with Gasteiger partial charge in [0.05, 0.1) is 15.9 Å². The Labute approximate surface area is 321 Å². The fraction of sp³-hybridized carbons (Fsp3) is 0. The van der Waals surface area contributed by atoms with Gasteiger partial charge < -0.3 is 0 Å². The lowest BCUT2D eigenvalue weighted by atomic mass is 10.0. The van der Waals surface area contributed by atoms with Crippen molar-refractivity contribution in [2.24, 2.45) is 0 Å². The maximum atomic E-state index is 5.13. The molecule has 0 bridgehead atoms. The minimum atomic E-state index is 0.610. The Kier molecular flexibility index (Phi) is 8.24. The summed E-state index contributed by atoms with van der Waals surface area (Å²) in [4.78, 5) is 31.0. The molecule has 0 aliphatic carbocycles. The molecular weight excluding hydrogens is 693 g/mol. The maximum Gasteiger partial charge on any atom is 0.164 e. The van der Waals surface area contributed by atoms with Crippen LogP contribution in [0, 0.1) is 0 Å². The molecule has 0 N–H and O–H groups in total. The molecule has 0 saturated heterocycles. The van der Waals surface area contributed by atoms with Crippen molar-refractivity contribution in [3.63, 3.8) is 0 Å². The number of rotatable bonds is 7. The molecule has 258 valence electrons. The molecule has 10 rings (SSSR count). The number of aromatic nitrogens is 6. The highest BCUT2D eigenvalue weighted by molar-refractivity contribution is 7.25. The van der Waals surface area contributed by atoms with Crippen molar-refractivity contribution >= 4 is 31.8 Å². The molecule has 10 aromatic rings. The molecular formula is C48H30N6S. The molecule has 4 aromatic heterocycles. The van der Waals surface area contributed by atoms with E-state index >= 15 is 0 Å². The van der Waals surface area contributed by atoms with E-state index in [1.54, 1.807) is 11.3 Å². The van der Waals surface area contributed by atoms with Gasteiger partial charge in [0.1, 0.15) is 4.83 Å². The topological polar surface area (TPSA) is 77.3 Å². The fourth-order valence-corrected chi connectivity index (χ4v) is 7.88. The Morgan fingerprint density at radius 1 is 0.327 bits per heavy atom. The third-order valence-electron chi connectivity index (χ3n) is 9.64. The molecule has 0 aliphatic rings. The summed E-state index contributed by atoms with van der Waals surface area (Å²) in [5, 5.41) is 1.01. The molecule has 0 saturated carbocycles. The molecule has 4 heterocycles. The first-order chi connectivity index (χ1) is 27.2. The van der Waals surface area contributed by atoms with Gasteiger partial charge in [-0.3, -0.25) is 0 Å². The van der Waals surface area contributed by atoms with E-state index in [9.17, 15) is 0 Å². The highest BCUT2D eigenvalue weighted by Gasteiger charge is 2.18. The van der Waals surface area contributed by atoms with Crippen LogP contribution in [0.1, 0.15) is 0 Å². The zero-order valence-corrected chi connectivity index (χ0v) is 30.2. The van der Waals surface area contributed by atoms with Crippen molar-refractivity contribution < 1.29 is 0 Å². The molecule has 6 nitrogen and oxygen atoms in total. The first kappa shape index (κ1) is 32.4. The van der Waals surface area contributed by atoms with E-state index in [0.717, 1.165) is 70.6 Å². The second-order valence-corrected chi connectivity index (χ2v) is 14.2. The number of hydrogen-bond acceptors (Lipinski definition) is 7. The first-order valence-corrected chi connectivity index (χ1v) is 18.8. The van der Waals surface area contributed by atoms with E-state index in [4.69, 9.17) is 29.9 Å². The molecule has 7 heteroatoms. The van der Waals surface area contributed by atoms with E-state index in [1.807, 2.05) is 79.0 Å². The summed E-state index contributed by atoms with van der Waals surface area (Å²) in [5.41, 5.74) is 10.9. The van der Waals surface area contributed by atoms with Gasteiger partial charge in [0.2, 0.25) is 0 Å². The largest absolute Gasteiger partial charge is 0.245 e. The van der Waals surface area contributed by atoms with Crippen LogP contribution in [0.15, 0.2) is 182 Å². The standard InChI is InChI=1S/C48H30N6S/c1-5-13-31(14-6-1)32-21-25-37(26-22-32)46-52-45(36-19-11-4-12-20-36)53-47(54-46)38-27-23-33(24-28-38)39-29-40-42-43(55-48(40)49-30-39)41(34-15-7-2-8-16-34)50-44(51-42)35-17-9-3-10-18-35/h1-30H. The summed E-state index contributed by atoms with van der Waals surface area (Å²) in [5.74, 6) is 2.56. The third-order valence-corrected chi connectivity index (χ3v) is 10.8. The molecule has 0 radical (unpaired) electrons. The summed E-state index contributed by atoms with van der Waals surface area (Å²) in [6.07, 6.45) is 1.94. The number of thiophene rings is 1. The van der Waals surface area contributed by atoms with Gasteiger partial charge in [0, 0.05) is 45.0 Å². The Balaban J connectivity index is 1.04. The number of nitrogens with zero attached hydrogens (tertiary/aromatic N) is 6. The Morgan fingerprint density at radius 3 is 1.22 bits per heavy atom. The van der Waals surface area contributed by atoms with Crippen LogP contribution in [-0.4, -0.2) is 29.9 Å². The molecule has 0 amide bonds. The Bertz CT molecular complexity index is 2930. The second kappa shape index (κ2) is 14.0. The van der Waals surface area contributed by atoms with Gasteiger partial charge in [-0.1, -0.05) is 170 Å². The number of benzene rings is 6. The monoisotopic (exact) mass is 722 g/mol. The molecule has 0 atom stereocenters. The van der Waals surface area contributed by atoms with E-state index < -0.39 is 0 Å². The normalized spacial score (nSPS) is 11.3. The lowest BCUT2D eigenvalue weighted by Gasteiger charge is -2.10. The van der Waals surface area contributed by atoms with E-state index in [0.29, 0.717) is 23.3 Å². The van der Waals surface area contributed by atoms with Crippen molar-refractivity contribution in [1.29, 1.82) is 0 Å². The average Bonchev–Trinajstić information content (AvgIpc) is 3.65. The van der Waals surface area contributed by atoms with Crippen LogP contribution < -0.4 is 0 Å². The van der Waals surface area contributed by atoms with Crippen LogP contribution in [0.4, 0.5) is 0 Å². The average molecular weight is 723 g/mol. The molecule has 55 heavy (non-hydrogen) atoms.